The van der Waals surface area contributed by atoms with Gasteiger partial charge in [-0.05, 0) is 12.1 Å². The van der Waals surface area contributed by atoms with E-state index < -0.39 is 33.7 Å². The Balaban J connectivity index is 2.51. The van der Waals surface area contributed by atoms with Gasteiger partial charge in [-0.3, -0.25) is 10.1 Å². The molecule has 0 aliphatic heterocycles. The van der Waals surface area contributed by atoms with Gasteiger partial charge in [0, 0.05) is 12.1 Å². The maximum Gasteiger partial charge on any atom is 0.315 e. The number of nitro benzene ring substituents is 1. The predicted octanol–water partition coefficient (Wildman–Crippen LogP) is 3.34. The first-order chi connectivity index (χ1) is 9.40. The molecule has 0 saturated carbocycles. The molecule has 0 bridgehead atoms. The molecule has 2 aromatic rings. The van der Waals surface area contributed by atoms with Crippen LogP contribution < -0.4 is 11.1 Å². The number of hydrogen-bond acceptors (Lipinski definition) is 4. The Morgan fingerprint density at radius 3 is 2.30 bits per heavy atom. The van der Waals surface area contributed by atoms with Gasteiger partial charge < -0.3 is 11.1 Å². The third kappa shape index (κ3) is 2.48. The smallest absolute Gasteiger partial charge is 0.315 e. The molecule has 0 radical (unpaired) electrons. The predicted molar refractivity (Wildman–Crippen MR) is 67.1 cm³/mol. The number of benzene rings is 2. The Morgan fingerprint density at radius 1 is 1.15 bits per heavy atom. The normalized spacial score (nSPS) is 10.3. The van der Waals surface area contributed by atoms with E-state index in [1.165, 1.54) is 18.2 Å². The molecular weight excluding hydrogens is 275 g/mol. The van der Waals surface area contributed by atoms with Gasteiger partial charge >= 0.3 is 5.69 Å². The molecule has 0 aromatic heterocycles. The second-order valence-electron chi connectivity index (χ2n) is 3.87. The fourth-order valence-corrected chi connectivity index (χ4v) is 1.66. The monoisotopic (exact) mass is 283 g/mol. The maximum atomic E-state index is 13.5. The van der Waals surface area contributed by atoms with Crippen molar-refractivity contribution in [1.82, 2.24) is 0 Å². The summed E-state index contributed by atoms with van der Waals surface area (Å²) in [5.41, 5.74) is 3.88. The lowest BCUT2D eigenvalue weighted by molar-refractivity contribution is -0.383. The number of anilines is 3. The maximum absolute atomic E-state index is 13.5. The van der Waals surface area contributed by atoms with Crippen molar-refractivity contribution in [1.29, 1.82) is 0 Å². The first kappa shape index (κ1) is 13.7. The van der Waals surface area contributed by atoms with E-state index in [9.17, 15) is 23.3 Å². The minimum absolute atomic E-state index is 0.164. The van der Waals surface area contributed by atoms with E-state index >= 15 is 0 Å². The van der Waals surface area contributed by atoms with Gasteiger partial charge in [0.25, 0.3) is 0 Å². The van der Waals surface area contributed by atoms with Crippen LogP contribution in [0, 0.1) is 27.6 Å². The highest BCUT2D eigenvalue weighted by molar-refractivity contribution is 5.78. The summed E-state index contributed by atoms with van der Waals surface area (Å²) in [4.78, 5) is 10.1. The molecule has 2 aromatic carbocycles. The summed E-state index contributed by atoms with van der Waals surface area (Å²) in [5, 5.41) is 13.1. The van der Waals surface area contributed by atoms with Crippen LogP contribution in [0.15, 0.2) is 30.3 Å². The number of halogens is 3. The van der Waals surface area contributed by atoms with Crippen LogP contribution in [0.3, 0.4) is 0 Å². The van der Waals surface area contributed by atoms with Gasteiger partial charge in [-0.2, -0.15) is 0 Å². The molecule has 2 rings (SSSR count). The van der Waals surface area contributed by atoms with E-state index in [2.05, 4.69) is 5.32 Å². The first-order valence-electron chi connectivity index (χ1n) is 5.34. The van der Waals surface area contributed by atoms with E-state index in [0.29, 0.717) is 12.1 Å². The Kier molecular flexibility index (Phi) is 3.47. The lowest BCUT2D eigenvalue weighted by Gasteiger charge is -2.10. The SMILES string of the molecule is Nc1cccc(Nc2c(F)cc(F)cc2F)c1[N+](=O)[O-]. The average molecular weight is 283 g/mol. The van der Waals surface area contributed by atoms with Crippen LogP contribution in [-0.2, 0) is 0 Å². The van der Waals surface area contributed by atoms with Crippen molar-refractivity contribution in [2.24, 2.45) is 0 Å². The molecule has 0 aliphatic rings. The Hall–Kier alpha value is -2.77. The summed E-state index contributed by atoms with van der Waals surface area (Å²) in [6.07, 6.45) is 0. The van der Waals surface area contributed by atoms with Crippen LogP contribution in [0.1, 0.15) is 0 Å². The van der Waals surface area contributed by atoms with Crippen LogP contribution in [0.2, 0.25) is 0 Å². The van der Waals surface area contributed by atoms with Crippen molar-refractivity contribution in [3.8, 4) is 0 Å². The molecule has 5 nitrogen and oxygen atoms in total. The summed E-state index contributed by atoms with van der Waals surface area (Å²) < 4.78 is 39.8. The van der Waals surface area contributed by atoms with E-state index in [0.717, 1.165) is 0 Å². The van der Waals surface area contributed by atoms with Gasteiger partial charge in [0.15, 0.2) is 11.6 Å². The number of nitrogen functional groups attached to an aromatic ring is 1. The van der Waals surface area contributed by atoms with Crippen molar-refractivity contribution in [2.75, 3.05) is 11.1 Å². The summed E-state index contributed by atoms with van der Waals surface area (Å²) in [7, 11) is 0. The average Bonchev–Trinajstić information content (AvgIpc) is 2.33. The topological polar surface area (TPSA) is 81.2 Å². The summed E-state index contributed by atoms with van der Waals surface area (Å²) in [6, 6.07) is 4.81. The molecule has 8 heteroatoms. The number of hydrogen-bond donors (Lipinski definition) is 2. The van der Waals surface area contributed by atoms with Gasteiger partial charge in [0.2, 0.25) is 0 Å². The van der Waals surface area contributed by atoms with Crippen molar-refractivity contribution in [2.45, 2.75) is 0 Å². The number of rotatable bonds is 3. The summed E-state index contributed by atoms with van der Waals surface area (Å²) >= 11 is 0. The van der Waals surface area contributed by atoms with Crippen molar-refractivity contribution in [3.05, 3.63) is 57.9 Å². The van der Waals surface area contributed by atoms with Crippen molar-refractivity contribution in [3.63, 3.8) is 0 Å². The molecule has 0 saturated heterocycles. The first-order valence-corrected chi connectivity index (χ1v) is 5.34. The summed E-state index contributed by atoms with van der Waals surface area (Å²) in [6.45, 7) is 0. The van der Waals surface area contributed by atoms with Crippen LogP contribution in [0.25, 0.3) is 0 Å². The Morgan fingerprint density at radius 2 is 1.75 bits per heavy atom. The van der Waals surface area contributed by atoms with Crippen molar-refractivity contribution >= 4 is 22.7 Å². The third-order valence-electron chi connectivity index (χ3n) is 2.52. The third-order valence-corrected chi connectivity index (χ3v) is 2.52. The van der Waals surface area contributed by atoms with Gasteiger partial charge in [0.05, 0.1) is 4.92 Å². The number of nitrogens with two attached hydrogens (primary N) is 1. The van der Waals surface area contributed by atoms with Crippen LogP contribution in [0.5, 0.6) is 0 Å². The highest BCUT2D eigenvalue weighted by atomic mass is 19.1. The zero-order valence-electron chi connectivity index (χ0n) is 9.86. The molecule has 3 N–H and O–H groups in total. The molecule has 0 fully saturated rings. The van der Waals surface area contributed by atoms with E-state index in [4.69, 9.17) is 5.73 Å². The molecule has 0 amide bonds. The lowest BCUT2D eigenvalue weighted by atomic mass is 10.2. The van der Waals surface area contributed by atoms with Gasteiger partial charge in [-0.25, -0.2) is 13.2 Å². The Bertz CT molecular complexity index is 669. The van der Waals surface area contributed by atoms with Crippen LogP contribution in [-0.4, -0.2) is 4.92 Å². The van der Waals surface area contributed by atoms with Crippen molar-refractivity contribution < 1.29 is 18.1 Å². The standard InChI is InChI=1S/C12H8F3N3O2/c13-6-4-7(14)11(8(15)5-6)17-10-3-1-2-9(16)12(10)18(19)20/h1-5,17H,16H2. The Labute approximate surface area is 111 Å². The van der Waals surface area contributed by atoms with Gasteiger partial charge in [0.1, 0.15) is 22.9 Å². The molecule has 0 spiro atoms. The second kappa shape index (κ2) is 5.08. The molecule has 0 heterocycles. The zero-order valence-corrected chi connectivity index (χ0v) is 9.86. The minimum atomic E-state index is -1.21. The molecule has 104 valence electrons. The van der Waals surface area contributed by atoms with Gasteiger partial charge in [-0.15, -0.1) is 0 Å². The van der Waals surface area contributed by atoms with Gasteiger partial charge in [-0.1, -0.05) is 6.07 Å². The lowest BCUT2D eigenvalue weighted by Crippen LogP contribution is -2.03. The molecule has 0 unspecified atom stereocenters. The quantitative estimate of drug-likeness (QED) is 0.514. The molecule has 20 heavy (non-hydrogen) atoms. The largest absolute Gasteiger partial charge is 0.393 e. The fourth-order valence-electron chi connectivity index (χ4n) is 1.66. The minimum Gasteiger partial charge on any atom is -0.393 e. The highest BCUT2D eigenvalue weighted by Crippen LogP contribution is 2.34. The number of nitrogens with zero attached hydrogens (tertiary/aromatic N) is 1. The summed E-state index contributed by atoms with van der Waals surface area (Å²) in [5.74, 6) is -3.51. The molecule has 0 aliphatic carbocycles. The zero-order chi connectivity index (χ0) is 14.9. The van der Waals surface area contributed by atoms with Crippen LogP contribution >= 0.6 is 0 Å². The number of para-hydroxylation sites is 1. The van der Waals surface area contributed by atoms with Crippen LogP contribution in [0.4, 0.5) is 35.9 Å². The highest BCUT2D eigenvalue weighted by Gasteiger charge is 2.20. The van der Waals surface area contributed by atoms with E-state index in [1.807, 2.05) is 0 Å². The van der Waals surface area contributed by atoms with E-state index in [1.54, 1.807) is 0 Å². The number of nitro groups is 1. The number of nitrogens with one attached hydrogen (secondary N) is 1. The second-order valence-corrected chi connectivity index (χ2v) is 3.87. The molecule has 0 atom stereocenters. The fraction of sp³-hybridized carbons (Fsp3) is 0. The van der Waals surface area contributed by atoms with E-state index in [-0.39, 0.29) is 11.4 Å². The molecular formula is C12H8F3N3O2.